The lowest BCUT2D eigenvalue weighted by molar-refractivity contribution is 0.261. The first-order chi connectivity index (χ1) is 14.4. The molecule has 3 heterocycles. The summed E-state index contributed by atoms with van der Waals surface area (Å²) in [4.78, 5) is 7.53. The first-order valence-electron chi connectivity index (χ1n) is 11.0. The van der Waals surface area contributed by atoms with Gasteiger partial charge in [-0.3, -0.25) is 0 Å². The molecule has 1 aliphatic heterocycles. The number of halogens is 1. The van der Waals surface area contributed by atoms with Crippen LogP contribution in [-0.2, 0) is 0 Å². The Morgan fingerprint density at radius 3 is 2.33 bits per heavy atom. The Kier molecular flexibility index (Phi) is 6.21. The molecule has 1 fully saturated rings. The molecule has 0 radical (unpaired) electrons. The van der Waals surface area contributed by atoms with Crippen LogP contribution in [0.3, 0.4) is 0 Å². The fraction of sp³-hybridized carbons (Fsp3) is 0.480. The molecule has 4 rings (SSSR count). The number of aromatic nitrogens is 2. The van der Waals surface area contributed by atoms with Gasteiger partial charge in [-0.15, -0.1) is 0 Å². The molecule has 0 saturated carbocycles. The monoisotopic (exact) mass is 469 g/mol. The maximum Gasteiger partial charge on any atom is 0.147 e. The summed E-state index contributed by atoms with van der Waals surface area (Å²) >= 11 is 3.62. The Labute approximate surface area is 188 Å². The van der Waals surface area contributed by atoms with Crippen molar-refractivity contribution in [3.63, 3.8) is 0 Å². The van der Waals surface area contributed by atoms with E-state index < -0.39 is 0 Å². The lowest BCUT2D eigenvalue weighted by Gasteiger charge is -2.34. The molecule has 0 aliphatic carbocycles. The molecule has 0 spiro atoms. The zero-order valence-electron chi connectivity index (χ0n) is 18.5. The van der Waals surface area contributed by atoms with Gasteiger partial charge in [0, 0.05) is 47.1 Å². The van der Waals surface area contributed by atoms with Crippen LogP contribution in [0, 0.1) is 33.6 Å². The molecule has 1 aliphatic rings. The Morgan fingerprint density at radius 1 is 1.03 bits per heavy atom. The highest BCUT2D eigenvalue weighted by molar-refractivity contribution is 9.10. The van der Waals surface area contributed by atoms with E-state index in [-0.39, 0.29) is 0 Å². The summed E-state index contributed by atoms with van der Waals surface area (Å²) in [5.41, 5.74) is 8.42. The van der Waals surface area contributed by atoms with Crippen LogP contribution < -0.4 is 4.90 Å². The van der Waals surface area contributed by atoms with E-state index in [0.29, 0.717) is 6.61 Å². The summed E-state index contributed by atoms with van der Waals surface area (Å²) in [6, 6.07) is 6.61. The van der Waals surface area contributed by atoms with Crippen molar-refractivity contribution in [3.05, 3.63) is 51.3 Å². The third-order valence-electron chi connectivity index (χ3n) is 6.48. The number of aliphatic hydroxyl groups excluding tert-OH is 1. The third kappa shape index (κ3) is 4.02. The Balaban J connectivity index is 1.76. The van der Waals surface area contributed by atoms with E-state index in [4.69, 9.17) is 10.1 Å². The lowest BCUT2D eigenvalue weighted by atomic mass is 9.92. The standard InChI is InChI=1S/C25H32BrN3O/c1-16-12-21(26)13-17(2)24(16)29-15-18(3)23-22(14-19(4)27-25(23)29)28-9-7-20(8-10-28)6-5-11-30/h12-15,20,30H,5-11H2,1-4H3. The van der Waals surface area contributed by atoms with Crippen molar-refractivity contribution < 1.29 is 5.11 Å². The van der Waals surface area contributed by atoms with E-state index in [1.54, 1.807) is 0 Å². The maximum atomic E-state index is 9.13. The van der Waals surface area contributed by atoms with Crippen LogP contribution in [0.25, 0.3) is 16.7 Å². The number of aliphatic hydroxyl groups is 1. The SMILES string of the molecule is Cc1cc(N2CCC(CCCO)CC2)c2c(C)cn(-c3c(C)cc(Br)cc3C)c2n1. The van der Waals surface area contributed by atoms with Gasteiger partial charge in [0.1, 0.15) is 5.65 Å². The fourth-order valence-corrected chi connectivity index (χ4v) is 5.74. The van der Waals surface area contributed by atoms with Crippen LogP contribution in [0.2, 0.25) is 0 Å². The average Bonchev–Trinajstić information content (AvgIpc) is 3.01. The summed E-state index contributed by atoms with van der Waals surface area (Å²) in [6.07, 6.45) is 6.72. The first kappa shape index (κ1) is 21.4. The van der Waals surface area contributed by atoms with Crippen molar-refractivity contribution in [2.75, 3.05) is 24.6 Å². The van der Waals surface area contributed by atoms with E-state index in [1.165, 1.54) is 46.3 Å². The molecule has 1 aromatic carbocycles. The van der Waals surface area contributed by atoms with E-state index >= 15 is 0 Å². The van der Waals surface area contributed by atoms with Crippen molar-refractivity contribution in [1.82, 2.24) is 9.55 Å². The van der Waals surface area contributed by atoms with E-state index in [2.05, 4.69) is 77.5 Å². The number of hydrogen-bond acceptors (Lipinski definition) is 3. The van der Waals surface area contributed by atoms with Gasteiger partial charge in [-0.1, -0.05) is 15.9 Å². The number of fused-ring (bicyclic) bond motifs is 1. The van der Waals surface area contributed by atoms with Crippen LogP contribution >= 0.6 is 15.9 Å². The highest BCUT2D eigenvalue weighted by atomic mass is 79.9. The number of nitrogens with zero attached hydrogens (tertiary/aromatic N) is 3. The third-order valence-corrected chi connectivity index (χ3v) is 6.93. The minimum atomic E-state index is 0.311. The number of piperidine rings is 1. The summed E-state index contributed by atoms with van der Waals surface area (Å²) in [5.74, 6) is 0.741. The molecule has 4 nitrogen and oxygen atoms in total. The largest absolute Gasteiger partial charge is 0.396 e. The average molecular weight is 470 g/mol. The molecule has 3 aromatic rings. The van der Waals surface area contributed by atoms with Gasteiger partial charge in [-0.25, -0.2) is 4.98 Å². The molecule has 0 bridgehead atoms. The van der Waals surface area contributed by atoms with Gasteiger partial charge in [-0.05, 0) is 94.2 Å². The summed E-state index contributed by atoms with van der Waals surface area (Å²) in [7, 11) is 0. The van der Waals surface area contributed by atoms with E-state index in [9.17, 15) is 0 Å². The highest BCUT2D eigenvalue weighted by Crippen LogP contribution is 2.36. The second-order valence-electron chi connectivity index (χ2n) is 8.85. The summed E-state index contributed by atoms with van der Waals surface area (Å²) in [6.45, 7) is 11.1. The molecular formula is C25H32BrN3O. The minimum Gasteiger partial charge on any atom is -0.396 e. The van der Waals surface area contributed by atoms with E-state index in [1.807, 2.05) is 0 Å². The van der Waals surface area contributed by atoms with Crippen LogP contribution in [0.15, 0.2) is 28.9 Å². The second kappa shape index (κ2) is 8.72. The fourth-order valence-electron chi connectivity index (χ4n) is 5.06. The maximum absolute atomic E-state index is 9.13. The summed E-state index contributed by atoms with van der Waals surface area (Å²) in [5, 5.41) is 10.4. The predicted molar refractivity (Wildman–Crippen MR) is 129 cm³/mol. The number of benzene rings is 1. The van der Waals surface area contributed by atoms with Crippen LogP contribution in [0.4, 0.5) is 5.69 Å². The van der Waals surface area contributed by atoms with Crippen molar-refractivity contribution in [1.29, 1.82) is 0 Å². The molecular weight excluding hydrogens is 438 g/mol. The molecule has 0 unspecified atom stereocenters. The van der Waals surface area contributed by atoms with Crippen LogP contribution in [-0.4, -0.2) is 34.4 Å². The van der Waals surface area contributed by atoms with Gasteiger partial charge in [-0.2, -0.15) is 0 Å². The molecule has 0 atom stereocenters. The number of anilines is 1. The van der Waals surface area contributed by atoms with Crippen molar-refractivity contribution in [2.45, 2.75) is 53.4 Å². The molecule has 0 amide bonds. The van der Waals surface area contributed by atoms with Gasteiger partial charge in [0.2, 0.25) is 0 Å². The van der Waals surface area contributed by atoms with Gasteiger partial charge in [0.15, 0.2) is 0 Å². The molecule has 1 saturated heterocycles. The highest BCUT2D eigenvalue weighted by Gasteiger charge is 2.23. The molecule has 30 heavy (non-hydrogen) atoms. The smallest absolute Gasteiger partial charge is 0.147 e. The molecule has 2 aromatic heterocycles. The van der Waals surface area contributed by atoms with Gasteiger partial charge in [0.05, 0.1) is 5.69 Å². The number of rotatable bonds is 5. The molecule has 5 heteroatoms. The van der Waals surface area contributed by atoms with E-state index in [0.717, 1.165) is 47.7 Å². The predicted octanol–water partition coefficient (Wildman–Crippen LogP) is 6.01. The quantitative estimate of drug-likeness (QED) is 0.497. The normalized spacial score (nSPS) is 15.3. The number of aryl methyl sites for hydroxylation is 4. The van der Waals surface area contributed by atoms with Gasteiger partial charge < -0.3 is 14.6 Å². The minimum absolute atomic E-state index is 0.311. The Bertz CT molecular complexity index is 1040. The van der Waals surface area contributed by atoms with Gasteiger partial charge >= 0.3 is 0 Å². The topological polar surface area (TPSA) is 41.3 Å². The second-order valence-corrected chi connectivity index (χ2v) is 9.76. The number of pyridine rings is 1. The van der Waals surface area contributed by atoms with Crippen molar-refractivity contribution >= 4 is 32.7 Å². The molecule has 1 N–H and O–H groups in total. The van der Waals surface area contributed by atoms with Crippen molar-refractivity contribution in [3.8, 4) is 5.69 Å². The zero-order valence-corrected chi connectivity index (χ0v) is 20.1. The summed E-state index contributed by atoms with van der Waals surface area (Å²) < 4.78 is 3.40. The lowest BCUT2D eigenvalue weighted by Crippen LogP contribution is -2.34. The zero-order chi connectivity index (χ0) is 21.4. The van der Waals surface area contributed by atoms with Crippen LogP contribution in [0.5, 0.6) is 0 Å². The van der Waals surface area contributed by atoms with Gasteiger partial charge in [0.25, 0.3) is 0 Å². The molecule has 160 valence electrons. The number of hydrogen-bond donors (Lipinski definition) is 1. The Morgan fingerprint density at radius 2 is 1.70 bits per heavy atom. The first-order valence-corrected chi connectivity index (χ1v) is 11.8. The Hall–Kier alpha value is -1.85. The van der Waals surface area contributed by atoms with Crippen LogP contribution in [0.1, 0.15) is 48.1 Å². The van der Waals surface area contributed by atoms with Crippen molar-refractivity contribution in [2.24, 2.45) is 5.92 Å².